The Bertz CT molecular complexity index is 149. The molecule has 0 bridgehead atoms. The predicted octanol–water partition coefficient (Wildman–Crippen LogP) is -0.204. The van der Waals surface area contributed by atoms with Gasteiger partial charge in [-0.15, -0.1) is 7.05 Å². The first-order valence-corrected chi connectivity index (χ1v) is 3.44. The molecule has 4 nitrogen and oxygen atoms in total. The smallest absolute Gasteiger partial charge is 0.136 e. The van der Waals surface area contributed by atoms with Crippen LogP contribution in [0.5, 0.6) is 0 Å². The summed E-state index contributed by atoms with van der Waals surface area (Å²) in [5, 5.41) is 0. The van der Waals surface area contributed by atoms with Crippen molar-refractivity contribution >= 4 is 10.2 Å². The van der Waals surface area contributed by atoms with E-state index in [1.807, 2.05) is 0 Å². The first-order chi connectivity index (χ1) is 3.50. The third-order valence-electron chi connectivity index (χ3n) is 0.692. The second-order valence-corrected chi connectivity index (χ2v) is 3.43. The minimum absolute atomic E-state index is 1.05. The maximum atomic E-state index is 10.5. The van der Waals surface area contributed by atoms with Crippen molar-refractivity contribution < 1.29 is 8.42 Å². The van der Waals surface area contributed by atoms with Gasteiger partial charge >= 0.3 is 0 Å². The Morgan fingerprint density at radius 1 is 1.38 bits per heavy atom. The van der Waals surface area contributed by atoms with E-state index < -0.39 is 10.2 Å². The molecular formula is C3H9N2O2S-. The molecule has 0 unspecified atom stereocenters. The molecule has 50 valence electrons. The van der Waals surface area contributed by atoms with Crippen LogP contribution in [0.2, 0.25) is 0 Å². The van der Waals surface area contributed by atoms with E-state index in [4.69, 9.17) is 0 Å². The van der Waals surface area contributed by atoms with E-state index in [9.17, 15) is 8.42 Å². The molecule has 0 saturated carbocycles. The van der Waals surface area contributed by atoms with Gasteiger partial charge < -0.3 is 4.72 Å². The van der Waals surface area contributed by atoms with E-state index in [0.29, 0.717) is 0 Å². The fraction of sp³-hybridized carbons (Fsp3) is 1.00. The van der Waals surface area contributed by atoms with Crippen LogP contribution in [0.3, 0.4) is 0 Å². The Balaban J connectivity index is 4.17. The molecule has 0 heterocycles. The van der Waals surface area contributed by atoms with Gasteiger partial charge in [0, 0.05) is 14.1 Å². The van der Waals surface area contributed by atoms with E-state index in [2.05, 4.69) is 4.72 Å². The standard InChI is InChI=1S/C3H9N2O2S/c1-4-8(6,7)5(2)3/h1-3H3/q-1. The van der Waals surface area contributed by atoms with Crippen LogP contribution in [0.15, 0.2) is 0 Å². The van der Waals surface area contributed by atoms with E-state index in [1.165, 1.54) is 21.1 Å². The van der Waals surface area contributed by atoms with Crippen molar-refractivity contribution in [3.05, 3.63) is 4.72 Å². The Kier molecular flexibility index (Phi) is 2.39. The van der Waals surface area contributed by atoms with Crippen molar-refractivity contribution in [2.75, 3.05) is 21.1 Å². The molecule has 0 radical (unpaired) electrons. The second kappa shape index (κ2) is 2.43. The summed E-state index contributed by atoms with van der Waals surface area (Å²) in [6.07, 6.45) is 0. The highest BCUT2D eigenvalue weighted by atomic mass is 32.2. The second-order valence-electron chi connectivity index (χ2n) is 1.44. The van der Waals surface area contributed by atoms with E-state index in [1.54, 1.807) is 0 Å². The van der Waals surface area contributed by atoms with Gasteiger partial charge in [0.2, 0.25) is 0 Å². The molecule has 0 saturated heterocycles. The average Bonchev–Trinajstić information content (AvgIpc) is 1.67. The SMILES string of the molecule is C[N-]S(=O)(=O)N(C)C. The highest BCUT2D eigenvalue weighted by Crippen LogP contribution is 1.98. The lowest BCUT2D eigenvalue weighted by atomic mass is 11.3. The molecular weight excluding hydrogens is 128 g/mol. The van der Waals surface area contributed by atoms with Gasteiger partial charge in [-0.2, -0.15) is 0 Å². The first-order valence-electron chi connectivity index (χ1n) is 2.04. The topological polar surface area (TPSA) is 51.5 Å². The summed E-state index contributed by atoms with van der Waals surface area (Å²) in [6.45, 7) is 0. The van der Waals surface area contributed by atoms with Crippen LogP contribution in [-0.2, 0) is 10.2 Å². The number of hydrogen-bond acceptors (Lipinski definition) is 2. The van der Waals surface area contributed by atoms with Crippen molar-refractivity contribution in [1.29, 1.82) is 0 Å². The van der Waals surface area contributed by atoms with Crippen LogP contribution >= 0.6 is 0 Å². The van der Waals surface area contributed by atoms with Crippen LogP contribution in [0, 0.1) is 0 Å². The van der Waals surface area contributed by atoms with Crippen molar-refractivity contribution in [2.45, 2.75) is 0 Å². The summed E-state index contributed by atoms with van der Waals surface area (Å²) in [5.41, 5.74) is 0. The molecule has 0 aliphatic rings. The van der Waals surface area contributed by atoms with Gasteiger partial charge in [-0.3, -0.25) is 0 Å². The van der Waals surface area contributed by atoms with E-state index >= 15 is 0 Å². The fourth-order valence-electron chi connectivity index (χ4n) is 0.163. The summed E-state index contributed by atoms with van der Waals surface area (Å²) in [6, 6.07) is 0. The van der Waals surface area contributed by atoms with Gasteiger partial charge in [-0.25, -0.2) is 12.7 Å². The van der Waals surface area contributed by atoms with Gasteiger partial charge in [-0.1, -0.05) is 0 Å². The highest BCUT2D eigenvalue weighted by Gasteiger charge is 1.96. The van der Waals surface area contributed by atoms with E-state index in [-0.39, 0.29) is 0 Å². The van der Waals surface area contributed by atoms with Crippen LogP contribution in [-0.4, -0.2) is 33.9 Å². The molecule has 0 fully saturated rings. The minimum atomic E-state index is -3.28. The molecule has 8 heavy (non-hydrogen) atoms. The molecule has 0 amide bonds. The first kappa shape index (κ1) is 7.87. The third kappa shape index (κ3) is 1.77. The van der Waals surface area contributed by atoms with Crippen LogP contribution < -0.4 is 0 Å². The lowest BCUT2D eigenvalue weighted by molar-refractivity contribution is 0.528. The molecule has 0 aromatic heterocycles. The zero-order chi connectivity index (χ0) is 6.78. The van der Waals surface area contributed by atoms with Crippen LogP contribution in [0.1, 0.15) is 0 Å². The van der Waals surface area contributed by atoms with Gasteiger partial charge in [0.15, 0.2) is 0 Å². The molecule has 0 atom stereocenters. The van der Waals surface area contributed by atoms with Crippen LogP contribution in [0.25, 0.3) is 4.72 Å². The molecule has 0 aromatic rings. The molecule has 0 spiro atoms. The normalized spacial score (nSPS) is 12.5. The Morgan fingerprint density at radius 2 is 1.75 bits per heavy atom. The predicted molar refractivity (Wildman–Crippen MR) is 31.9 cm³/mol. The lowest BCUT2D eigenvalue weighted by Crippen LogP contribution is -2.19. The van der Waals surface area contributed by atoms with E-state index in [0.717, 1.165) is 4.31 Å². The van der Waals surface area contributed by atoms with Crippen molar-refractivity contribution in [3.63, 3.8) is 0 Å². The zero-order valence-electron chi connectivity index (χ0n) is 5.12. The molecule has 0 aromatic carbocycles. The van der Waals surface area contributed by atoms with Crippen LogP contribution in [0.4, 0.5) is 0 Å². The Hall–Kier alpha value is -0.130. The Morgan fingerprint density at radius 3 is 1.75 bits per heavy atom. The largest absolute Gasteiger partial charge is 0.538 e. The number of nitrogens with zero attached hydrogens (tertiary/aromatic N) is 2. The van der Waals surface area contributed by atoms with Crippen molar-refractivity contribution in [1.82, 2.24) is 4.31 Å². The van der Waals surface area contributed by atoms with Gasteiger partial charge in [0.25, 0.3) is 0 Å². The lowest BCUT2D eigenvalue weighted by Gasteiger charge is -2.19. The maximum Gasteiger partial charge on any atom is 0.136 e. The highest BCUT2D eigenvalue weighted by molar-refractivity contribution is 7.91. The molecule has 0 N–H and O–H groups in total. The summed E-state index contributed by atoms with van der Waals surface area (Å²) in [5.74, 6) is 0. The monoisotopic (exact) mass is 137 g/mol. The summed E-state index contributed by atoms with van der Waals surface area (Å²) in [4.78, 5) is 0. The van der Waals surface area contributed by atoms with Gasteiger partial charge in [0.1, 0.15) is 10.2 Å². The summed E-state index contributed by atoms with van der Waals surface area (Å²) < 4.78 is 25.1. The Labute approximate surface area is 49.7 Å². The minimum Gasteiger partial charge on any atom is -0.538 e. The maximum absolute atomic E-state index is 10.5. The van der Waals surface area contributed by atoms with Crippen molar-refractivity contribution in [3.8, 4) is 0 Å². The quantitative estimate of drug-likeness (QED) is 0.529. The number of rotatable bonds is 2. The summed E-state index contributed by atoms with van der Waals surface area (Å²) in [7, 11) is 0.833. The van der Waals surface area contributed by atoms with Gasteiger partial charge in [-0.05, 0) is 0 Å². The average molecular weight is 137 g/mol. The number of hydrogen-bond donors (Lipinski definition) is 0. The molecule has 0 rings (SSSR count). The third-order valence-corrected chi connectivity index (χ3v) is 2.08. The molecule has 0 aliphatic carbocycles. The van der Waals surface area contributed by atoms with Crippen molar-refractivity contribution in [2.24, 2.45) is 0 Å². The summed E-state index contributed by atoms with van der Waals surface area (Å²) >= 11 is 0. The van der Waals surface area contributed by atoms with Gasteiger partial charge in [0.05, 0.1) is 0 Å². The molecule has 0 aliphatic heterocycles. The zero-order valence-corrected chi connectivity index (χ0v) is 5.94. The molecule has 5 heteroatoms. The fourth-order valence-corrected chi connectivity index (χ4v) is 0.490.